The monoisotopic (exact) mass is 284 g/mol. The third-order valence-corrected chi connectivity index (χ3v) is 4.67. The summed E-state index contributed by atoms with van der Waals surface area (Å²) >= 11 is 0. The van der Waals surface area contributed by atoms with E-state index in [0.29, 0.717) is 11.1 Å². The van der Waals surface area contributed by atoms with Crippen molar-refractivity contribution in [3.05, 3.63) is 34.9 Å². The zero-order valence-electron chi connectivity index (χ0n) is 11.3. The predicted octanol–water partition coefficient (Wildman–Crippen LogP) is 0.396. The Morgan fingerprint density at radius 2 is 1.76 bits per heavy atom. The summed E-state index contributed by atoms with van der Waals surface area (Å²) in [5.41, 5.74) is 0.360. The summed E-state index contributed by atoms with van der Waals surface area (Å²) in [5, 5.41) is 2.25. The fourth-order valence-electron chi connectivity index (χ4n) is 3.48. The highest BCUT2D eigenvalue weighted by Gasteiger charge is 2.65. The van der Waals surface area contributed by atoms with Gasteiger partial charge in [-0.15, -0.1) is 0 Å². The molecule has 0 spiro atoms. The molecule has 3 fully saturated rings. The summed E-state index contributed by atoms with van der Waals surface area (Å²) in [7, 11) is 0. The van der Waals surface area contributed by atoms with Crippen molar-refractivity contribution in [1.29, 1.82) is 0 Å². The van der Waals surface area contributed by atoms with Gasteiger partial charge in [-0.2, -0.15) is 0 Å². The first kappa shape index (κ1) is 12.3. The highest BCUT2D eigenvalue weighted by Crippen LogP contribution is 2.48. The van der Waals surface area contributed by atoms with E-state index in [9.17, 15) is 19.2 Å². The molecule has 0 radical (unpaired) electrons. The molecular weight excluding hydrogens is 272 g/mol. The molecule has 0 unspecified atom stereocenters. The number of nitrogens with one attached hydrogen (secondary N) is 1. The second kappa shape index (κ2) is 3.58. The minimum absolute atomic E-state index is 0.238. The van der Waals surface area contributed by atoms with E-state index < -0.39 is 23.3 Å². The Bertz CT molecular complexity index is 746. The van der Waals surface area contributed by atoms with Crippen molar-refractivity contribution in [3.8, 4) is 0 Å². The number of rotatable bonds is 1. The average molecular weight is 284 g/mol. The van der Waals surface area contributed by atoms with Crippen molar-refractivity contribution < 1.29 is 19.2 Å². The molecule has 0 atom stereocenters. The van der Waals surface area contributed by atoms with Crippen molar-refractivity contribution in [2.24, 2.45) is 5.92 Å². The number of piperidine rings is 2. The third kappa shape index (κ3) is 1.32. The molecular formula is C15H12N2O4. The van der Waals surface area contributed by atoms with Crippen LogP contribution < -0.4 is 5.32 Å². The van der Waals surface area contributed by atoms with Crippen LogP contribution in [0.4, 0.5) is 0 Å². The summed E-state index contributed by atoms with van der Waals surface area (Å²) in [6.07, 6.45) is 0.476. The summed E-state index contributed by atoms with van der Waals surface area (Å²) in [6, 6.07) is 5.04. The fourth-order valence-corrected chi connectivity index (χ4v) is 3.48. The van der Waals surface area contributed by atoms with Crippen molar-refractivity contribution >= 4 is 23.6 Å². The molecule has 1 saturated carbocycles. The minimum Gasteiger partial charge on any atom is -0.294 e. The van der Waals surface area contributed by atoms with E-state index in [2.05, 4.69) is 5.32 Å². The maximum atomic E-state index is 12.6. The van der Waals surface area contributed by atoms with Crippen LogP contribution in [0.3, 0.4) is 0 Å². The molecule has 4 amide bonds. The Balaban J connectivity index is 1.79. The summed E-state index contributed by atoms with van der Waals surface area (Å²) in [4.78, 5) is 49.8. The van der Waals surface area contributed by atoms with Crippen molar-refractivity contribution in [3.63, 3.8) is 0 Å². The molecule has 106 valence electrons. The molecule has 2 saturated heterocycles. The largest absolute Gasteiger partial charge is 0.294 e. The maximum Gasteiger partial charge on any atom is 0.262 e. The van der Waals surface area contributed by atoms with Gasteiger partial charge in [-0.3, -0.25) is 29.4 Å². The number of hydrogen-bond donors (Lipinski definition) is 1. The quantitative estimate of drug-likeness (QED) is 0.756. The number of benzene rings is 1. The average Bonchev–Trinajstić information content (AvgIpc) is 2.61. The predicted molar refractivity (Wildman–Crippen MR) is 70.3 cm³/mol. The van der Waals surface area contributed by atoms with Gasteiger partial charge in [0.15, 0.2) is 0 Å². The van der Waals surface area contributed by atoms with Crippen LogP contribution in [0, 0.1) is 12.8 Å². The molecule has 5 rings (SSSR count). The van der Waals surface area contributed by atoms with E-state index >= 15 is 0 Å². The SMILES string of the molecule is Cc1ccc2c(c1)C(=O)N(C13CC(C1)C(=O)NC3=O)C2=O. The van der Waals surface area contributed by atoms with Crippen LogP contribution in [0.25, 0.3) is 0 Å². The fraction of sp³-hybridized carbons (Fsp3) is 0.333. The Kier molecular flexibility index (Phi) is 2.09. The van der Waals surface area contributed by atoms with Crippen LogP contribution in [0.5, 0.6) is 0 Å². The first-order valence-corrected chi connectivity index (χ1v) is 6.79. The molecule has 1 aromatic rings. The molecule has 3 heterocycles. The molecule has 6 nitrogen and oxygen atoms in total. The lowest BCUT2D eigenvalue weighted by Crippen LogP contribution is -2.74. The van der Waals surface area contributed by atoms with Crippen molar-refractivity contribution in [2.45, 2.75) is 25.3 Å². The van der Waals surface area contributed by atoms with Crippen LogP contribution in [-0.4, -0.2) is 34.1 Å². The molecule has 2 bridgehead atoms. The van der Waals surface area contributed by atoms with Gasteiger partial charge in [-0.1, -0.05) is 11.6 Å². The van der Waals surface area contributed by atoms with Crippen LogP contribution in [-0.2, 0) is 9.59 Å². The van der Waals surface area contributed by atoms with E-state index in [1.54, 1.807) is 18.2 Å². The lowest BCUT2D eigenvalue weighted by Gasteiger charge is -2.52. The van der Waals surface area contributed by atoms with Gasteiger partial charge in [-0.25, -0.2) is 0 Å². The van der Waals surface area contributed by atoms with E-state index in [-0.39, 0.29) is 24.7 Å². The first-order valence-electron chi connectivity index (χ1n) is 6.79. The van der Waals surface area contributed by atoms with Gasteiger partial charge in [0.05, 0.1) is 11.1 Å². The minimum atomic E-state index is -1.18. The van der Waals surface area contributed by atoms with E-state index in [1.165, 1.54) is 0 Å². The molecule has 1 aliphatic carbocycles. The second-order valence-electron chi connectivity index (χ2n) is 5.95. The van der Waals surface area contributed by atoms with E-state index in [1.807, 2.05) is 6.92 Å². The topological polar surface area (TPSA) is 83.6 Å². The number of amides is 4. The molecule has 0 aromatic heterocycles. The number of hydrogen-bond acceptors (Lipinski definition) is 4. The zero-order chi connectivity index (χ0) is 14.9. The smallest absolute Gasteiger partial charge is 0.262 e. The van der Waals surface area contributed by atoms with Gasteiger partial charge in [0.25, 0.3) is 17.7 Å². The number of carbonyl (C=O) groups is 4. The Morgan fingerprint density at radius 3 is 2.43 bits per heavy atom. The van der Waals surface area contributed by atoms with Crippen LogP contribution >= 0.6 is 0 Å². The van der Waals surface area contributed by atoms with E-state index in [4.69, 9.17) is 0 Å². The Morgan fingerprint density at radius 1 is 1.10 bits per heavy atom. The molecule has 6 heteroatoms. The Hall–Kier alpha value is -2.50. The van der Waals surface area contributed by atoms with Gasteiger partial charge in [0, 0.05) is 5.92 Å². The van der Waals surface area contributed by atoms with Gasteiger partial charge < -0.3 is 0 Å². The number of fused-ring (bicyclic) bond motifs is 3. The molecule has 1 aromatic carbocycles. The number of imide groups is 2. The van der Waals surface area contributed by atoms with Crippen molar-refractivity contribution in [1.82, 2.24) is 10.2 Å². The lowest BCUT2D eigenvalue weighted by atomic mass is 9.63. The highest BCUT2D eigenvalue weighted by atomic mass is 16.2. The molecule has 3 aliphatic heterocycles. The summed E-state index contributed by atoms with van der Waals surface area (Å²) in [6.45, 7) is 1.84. The van der Waals surface area contributed by atoms with E-state index in [0.717, 1.165) is 10.5 Å². The highest BCUT2D eigenvalue weighted by molar-refractivity contribution is 6.25. The number of carbonyl (C=O) groups excluding carboxylic acids is 4. The summed E-state index contributed by atoms with van der Waals surface area (Å²) in [5.74, 6) is -2.02. The zero-order valence-corrected chi connectivity index (χ0v) is 11.3. The van der Waals surface area contributed by atoms with Crippen LogP contribution in [0.2, 0.25) is 0 Å². The van der Waals surface area contributed by atoms with Crippen molar-refractivity contribution in [2.75, 3.05) is 0 Å². The van der Waals surface area contributed by atoms with Gasteiger partial charge >= 0.3 is 0 Å². The molecule has 1 N–H and O–H groups in total. The Labute approximate surface area is 120 Å². The first-order chi connectivity index (χ1) is 9.94. The van der Waals surface area contributed by atoms with Crippen LogP contribution in [0.15, 0.2) is 18.2 Å². The normalized spacial score (nSPS) is 30.1. The number of nitrogens with zero attached hydrogens (tertiary/aromatic N) is 1. The van der Waals surface area contributed by atoms with Gasteiger partial charge in [-0.05, 0) is 31.9 Å². The lowest BCUT2D eigenvalue weighted by molar-refractivity contribution is -0.158. The van der Waals surface area contributed by atoms with Crippen LogP contribution in [0.1, 0.15) is 39.1 Å². The molecule has 4 aliphatic rings. The maximum absolute atomic E-state index is 12.6. The number of aryl methyl sites for hydroxylation is 1. The second-order valence-corrected chi connectivity index (χ2v) is 5.95. The molecule has 21 heavy (non-hydrogen) atoms. The third-order valence-electron chi connectivity index (χ3n) is 4.67. The van der Waals surface area contributed by atoms with Gasteiger partial charge in [0.1, 0.15) is 5.54 Å². The van der Waals surface area contributed by atoms with Gasteiger partial charge in [0.2, 0.25) is 5.91 Å². The standard InChI is InChI=1S/C15H12N2O4/c1-7-2-3-9-10(4-7)13(20)17(12(9)19)15-5-8(6-15)11(18)16-14(15)21/h2-4,8H,5-6H2,1H3,(H,16,18,21). The summed E-state index contributed by atoms with van der Waals surface area (Å²) < 4.78 is 0.